The molecule has 126 valence electrons. The number of carbonyl (C=O) groups is 1. The van der Waals surface area contributed by atoms with E-state index >= 15 is 0 Å². The van der Waals surface area contributed by atoms with E-state index in [0.717, 1.165) is 19.3 Å². The van der Waals surface area contributed by atoms with Gasteiger partial charge in [0.15, 0.2) is 0 Å². The zero-order chi connectivity index (χ0) is 16.4. The monoisotopic (exact) mass is 321 g/mol. The van der Waals surface area contributed by atoms with E-state index in [1.165, 1.54) is 38.2 Å². The molecule has 1 aliphatic heterocycles. The van der Waals surface area contributed by atoms with Crippen LogP contribution in [0.2, 0.25) is 0 Å². The predicted octanol–water partition coefficient (Wildman–Crippen LogP) is 2.85. The molecule has 4 nitrogen and oxygen atoms in total. The Kier molecular flexibility index (Phi) is 4.57. The van der Waals surface area contributed by atoms with Crippen molar-refractivity contribution in [2.75, 3.05) is 26.8 Å². The number of benzene rings is 1. The van der Waals surface area contributed by atoms with E-state index in [4.69, 9.17) is 4.74 Å². The van der Waals surface area contributed by atoms with Gasteiger partial charge >= 0.3 is 0 Å². The minimum absolute atomic E-state index is 0.105. The number of hydrogen-bond donors (Lipinski definition) is 1. The van der Waals surface area contributed by atoms with Crippen molar-refractivity contribution in [2.45, 2.75) is 32.1 Å². The molecule has 0 bridgehead atoms. The van der Waals surface area contributed by atoms with E-state index < -0.39 is 5.82 Å². The number of amides is 1. The molecule has 0 radical (unpaired) electrons. The first-order valence-corrected chi connectivity index (χ1v) is 8.30. The van der Waals surface area contributed by atoms with E-state index in [0.29, 0.717) is 24.8 Å². The van der Waals surface area contributed by atoms with E-state index in [1.807, 2.05) is 0 Å². The van der Waals surface area contributed by atoms with Crippen LogP contribution in [-0.2, 0) is 0 Å². The van der Waals surface area contributed by atoms with Crippen LogP contribution < -0.4 is 4.74 Å². The van der Waals surface area contributed by atoms with Gasteiger partial charge in [-0.2, -0.15) is 0 Å². The van der Waals surface area contributed by atoms with Gasteiger partial charge in [-0.3, -0.25) is 4.79 Å². The fourth-order valence-corrected chi connectivity index (χ4v) is 3.69. The second kappa shape index (κ2) is 6.48. The third-order valence-corrected chi connectivity index (χ3v) is 5.09. The van der Waals surface area contributed by atoms with Crippen LogP contribution in [0, 0.1) is 17.2 Å². The molecule has 5 heteroatoms. The van der Waals surface area contributed by atoms with Crippen LogP contribution in [0.3, 0.4) is 0 Å². The van der Waals surface area contributed by atoms with E-state index in [2.05, 4.69) is 0 Å². The molecule has 1 saturated carbocycles. The number of methoxy groups -OCH3 is 1. The predicted molar refractivity (Wildman–Crippen MR) is 84.9 cm³/mol. The quantitative estimate of drug-likeness (QED) is 0.907. The van der Waals surface area contributed by atoms with Crippen molar-refractivity contribution in [2.24, 2.45) is 11.3 Å². The number of rotatable bonds is 5. The smallest absolute Gasteiger partial charge is 0.257 e. The van der Waals surface area contributed by atoms with Crippen molar-refractivity contribution in [1.29, 1.82) is 0 Å². The molecule has 3 rings (SSSR count). The second-order valence-electron chi connectivity index (χ2n) is 6.98. The fourth-order valence-electron chi connectivity index (χ4n) is 3.69. The summed E-state index contributed by atoms with van der Waals surface area (Å²) in [6, 6.07) is 4.00. The summed E-state index contributed by atoms with van der Waals surface area (Å²) < 4.78 is 18.7. The van der Waals surface area contributed by atoms with Gasteiger partial charge in [0, 0.05) is 18.5 Å². The molecule has 1 unspecified atom stereocenters. The van der Waals surface area contributed by atoms with Gasteiger partial charge in [-0.25, -0.2) is 4.39 Å². The Bertz CT molecular complexity index is 588. The summed E-state index contributed by atoms with van der Waals surface area (Å²) in [6.45, 7) is 1.29. The molecule has 1 amide bonds. The molecule has 1 aromatic carbocycles. The molecular formula is C18H24FNO3. The molecule has 23 heavy (non-hydrogen) atoms. The van der Waals surface area contributed by atoms with Crippen LogP contribution in [0.25, 0.3) is 0 Å². The number of hydrogen-bond acceptors (Lipinski definition) is 3. The number of nitrogens with zero attached hydrogens (tertiary/aromatic N) is 1. The minimum atomic E-state index is -0.447. The molecule has 2 aliphatic rings. The first kappa shape index (κ1) is 16.2. The maximum atomic E-state index is 13.5. The highest BCUT2D eigenvalue weighted by atomic mass is 19.1. The second-order valence-corrected chi connectivity index (χ2v) is 6.98. The van der Waals surface area contributed by atoms with Crippen LogP contribution in [0.5, 0.6) is 5.75 Å². The maximum Gasteiger partial charge on any atom is 0.257 e. The Labute approximate surface area is 136 Å². The number of aliphatic hydroxyl groups excluding tert-OH is 1. The first-order valence-electron chi connectivity index (χ1n) is 8.30. The lowest BCUT2D eigenvalue weighted by atomic mass is 9.76. The molecule has 1 atom stereocenters. The first-order chi connectivity index (χ1) is 11.1. The number of ether oxygens (including phenoxy) is 1. The Morgan fingerprint density at radius 3 is 2.91 bits per heavy atom. The lowest BCUT2D eigenvalue weighted by molar-refractivity contribution is 0.0194. The van der Waals surface area contributed by atoms with Crippen LogP contribution in [0.4, 0.5) is 4.39 Å². The lowest BCUT2D eigenvalue weighted by Gasteiger charge is -2.42. The van der Waals surface area contributed by atoms with Gasteiger partial charge in [-0.15, -0.1) is 0 Å². The van der Waals surface area contributed by atoms with E-state index in [-0.39, 0.29) is 23.5 Å². The highest BCUT2D eigenvalue weighted by Crippen LogP contribution is 2.44. The number of likely N-dealkylation sites (tertiary alicyclic amines) is 1. The topological polar surface area (TPSA) is 49.8 Å². The number of halogens is 1. The highest BCUT2D eigenvalue weighted by Gasteiger charge is 2.41. The number of aliphatic hydroxyl groups is 1. The van der Waals surface area contributed by atoms with E-state index in [9.17, 15) is 14.3 Å². The fraction of sp³-hybridized carbons (Fsp3) is 0.611. The Morgan fingerprint density at radius 1 is 1.48 bits per heavy atom. The average Bonchev–Trinajstić information content (AvgIpc) is 3.38. The summed E-state index contributed by atoms with van der Waals surface area (Å²) >= 11 is 0. The molecule has 1 N–H and O–H groups in total. The molecule has 0 aromatic heterocycles. The standard InChI is InChI=1S/C18H24FNO3/c1-23-16-6-5-14(19)9-15(16)17(22)20-8-2-7-18(11-20,12-21)10-13-3-4-13/h5-6,9,13,21H,2-4,7-8,10-12H2,1H3. The Hall–Kier alpha value is -1.62. The van der Waals surface area contributed by atoms with Crippen molar-refractivity contribution < 1.29 is 19.0 Å². The molecule has 1 aliphatic carbocycles. The molecule has 0 spiro atoms. The molecular weight excluding hydrogens is 297 g/mol. The summed E-state index contributed by atoms with van der Waals surface area (Å²) in [5.74, 6) is 0.423. The maximum absolute atomic E-state index is 13.5. The third-order valence-electron chi connectivity index (χ3n) is 5.09. The summed E-state index contributed by atoms with van der Waals surface area (Å²) in [5, 5.41) is 9.91. The van der Waals surface area contributed by atoms with E-state index in [1.54, 1.807) is 4.90 Å². The summed E-state index contributed by atoms with van der Waals surface area (Å²) in [4.78, 5) is 14.6. The normalized spacial score (nSPS) is 24.6. The van der Waals surface area contributed by atoms with Gasteiger partial charge < -0.3 is 14.7 Å². The summed E-state index contributed by atoms with van der Waals surface area (Å²) in [5.41, 5.74) is 0.0583. The van der Waals surface area contributed by atoms with Crippen LogP contribution in [-0.4, -0.2) is 42.7 Å². The number of carbonyl (C=O) groups excluding carboxylic acids is 1. The Balaban J connectivity index is 1.80. The zero-order valence-corrected chi connectivity index (χ0v) is 13.6. The van der Waals surface area contributed by atoms with Crippen molar-refractivity contribution in [1.82, 2.24) is 4.90 Å². The minimum Gasteiger partial charge on any atom is -0.496 e. The molecule has 2 fully saturated rings. The Morgan fingerprint density at radius 2 is 2.26 bits per heavy atom. The molecule has 1 heterocycles. The van der Waals surface area contributed by atoms with Gasteiger partial charge in [-0.1, -0.05) is 12.8 Å². The average molecular weight is 321 g/mol. The molecule has 1 aromatic rings. The van der Waals surface area contributed by atoms with Crippen molar-refractivity contribution in [3.05, 3.63) is 29.6 Å². The van der Waals surface area contributed by atoms with Gasteiger partial charge in [0.05, 0.1) is 19.3 Å². The van der Waals surface area contributed by atoms with Crippen LogP contribution in [0.15, 0.2) is 18.2 Å². The van der Waals surface area contributed by atoms with Crippen molar-refractivity contribution >= 4 is 5.91 Å². The van der Waals surface area contributed by atoms with Crippen molar-refractivity contribution in [3.63, 3.8) is 0 Å². The highest BCUT2D eigenvalue weighted by molar-refractivity contribution is 5.97. The van der Waals surface area contributed by atoms with Crippen LogP contribution >= 0.6 is 0 Å². The van der Waals surface area contributed by atoms with Crippen molar-refractivity contribution in [3.8, 4) is 5.75 Å². The summed E-state index contributed by atoms with van der Waals surface area (Å²) in [7, 11) is 1.48. The zero-order valence-electron chi connectivity index (χ0n) is 13.6. The van der Waals surface area contributed by atoms with Gasteiger partial charge in [0.1, 0.15) is 11.6 Å². The molecule has 1 saturated heterocycles. The van der Waals surface area contributed by atoms with Gasteiger partial charge in [-0.05, 0) is 43.4 Å². The van der Waals surface area contributed by atoms with Crippen LogP contribution in [0.1, 0.15) is 42.5 Å². The van der Waals surface area contributed by atoms with Gasteiger partial charge in [0.25, 0.3) is 5.91 Å². The summed E-state index contributed by atoms with van der Waals surface area (Å²) in [6.07, 6.45) is 5.26. The van der Waals surface area contributed by atoms with Gasteiger partial charge in [0.2, 0.25) is 0 Å². The number of piperidine rings is 1. The largest absolute Gasteiger partial charge is 0.496 e. The SMILES string of the molecule is COc1ccc(F)cc1C(=O)N1CCCC(CO)(CC2CC2)C1. The lowest BCUT2D eigenvalue weighted by Crippen LogP contribution is -2.48. The third kappa shape index (κ3) is 3.50.